The van der Waals surface area contributed by atoms with Crippen LogP contribution in [-0.4, -0.2) is 26.0 Å². The predicted octanol–water partition coefficient (Wildman–Crippen LogP) is 1.23. The minimum absolute atomic E-state index is 0.103. The number of amides is 1. The largest absolute Gasteiger partial charge is 0.399 e. The first-order valence-electron chi connectivity index (χ1n) is 6.03. The molecule has 1 aromatic rings. The van der Waals surface area contributed by atoms with Crippen LogP contribution in [0, 0.1) is 5.92 Å². The lowest BCUT2D eigenvalue weighted by Crippen LogP contribution is -2.42. The Bertz CT molecular complexity index is 388. The van der Waals surface area contributed by atoms with Gasteiger partial charge in [-0.05, 0) is 37.1 Å². The maximum Gasteiger partial charge on any atom is 0.224 e. The number of nitrogen functional groups attached to an aromatic ring is 1. The summed E-state index contributed by atoms with van der Waals surface area (Å²) in [5, 5.41) is 2.73. The Morgan fingerprint density at radius 2 is 2.12 bits per heavy atom. The topological polar surface area (TPSA) is 58.4 Å². The van der Waals surface area contributed by atoms with E-state index >= 15 is 0 Å². The Labute approximate surface area is 102 Å². The van der Waals surface area contributed by atoms with E-state index in [2.05, 4.69) is 10.2 Å². The fourth-order valence-electron chi connectivity index (χ4n) is 2.31. The summed E-state index contributed by atoms with van der Waals surface area (Å²) in [5.41, 5.74) is 7.59. The van der Waals surface area contributed by atoms with E-state index < -0.39 is 0 Å². The van der Waals surface area contributed by atoms with Gasteiger partial charge in [-0.3, -0.25) is 4.79 Å². The first-order chi connectivity index (χ1) is 8.20. The molecule has 1 amide bonds. The maximum atomic E-state index is 11.6. The van der Waals surface area contributed by atoms with Crippen molar-refractivity contribution >= 4 is 17.3 Å². The molecule has 1 unspecified atom stereocenters. The van der Waals surface area contributed by atoms with Gasteiger partial charge < -0.3 is 16.0 Å². The third-order valence-electron chi connectivity index (χ3n) is 3.30. The van der Waals surface area contributed by atoms with Gasteiger partial charge in [0, 0.05) is 31.5 Å². The van der Waals surface area contributed by atoms with Crippen LogP contribution in [0.4, 0.5) is 11.4 Å². The Morgan fingerprint density at radius 3 is 2.76 bits per heavy atom. The molecule has 1 aliphatic heterocycles. The minimum atomic E-state index is 0.103. The van der Waals surface area contributed by atoms with E-state index in [1.165, 1.54) is 0 Å². The van der Waals surface area contributed by atoms with Crippen molar-refractivity contribution in [2.24, 2.45) is 5.92 Å². The van der Waals surface area contributed by atoms with Crippen LogP contribution in [0.25, 0.3) is 0 Å². The second-order valence-electron chi connectivity index (χ2n) is 4.49. The van der Waals surface area contributed by atoms with Gasteiger partial charge in [-0.1, -0.05) is 0 Å². The molecule has 4 heteroatoms. The summed E-state index contributed by atoms with van der Waals surface area (Å²) < 4.78 is 0. The predicted molar refractivity (Wildman–Crippen MR) is 69.9 cm³/mol. The van der Waals surface area contributed by atoms with Crippen molar-refractivity contribution in [1.29, 1.82) is 0 Å². The molecule has 17 heavy (non-hydrogen) atoms. The van der Waals surface area contributed by atoms with Gasteiger partial charge in [0.15, 0.2) is 0 Å². The molecular formula is C13H19N3O. The van der Waals surface area contributed by atoms with Crippen molar-refractivity contribution in [3.63, 3.8) is 0 Å². The lowest BCUT2D eigenvalue weighted by molar-refractivity contribution is -0.124. The summed E-state index contributed by atoms with van der Waals surface area (Å²) in [5.74, 6) is 0.247. The second kappa shape index (κ2) is 5.08. The molecule has 0 saturated carbocycles. The highest BCUT2D eigenvalue weighted by atomic mass is 16.1. The van der Waals surface area contributed by atoms with E-state index in [1.54, 1.807) is 7.05 Å². The van der Waals surface area contributed by atoms with Crippen LogP contribution in [0.1, 0.15) is 12.8 Å². The SMILES string of the molecule is CNC(=O)C1CCCN(c2ccc(N)cc2)C1. The molecule has 2 rings (SSSR count). The zero-order chi connectivity index (χ0) is 12.3. The van der Waals surface area contributed by atoms with Crippen LogP contribution in [0.15, 0.2) is 24.3 Å². The quantitative estimate of drug-likeness (QED) is 0.755. The third-order valence-corrected chi connectivity index (χ3v) is 3.30. The zero-order valence-corrected chi connectivity index (χ0v) is 10.1. The third kappa shape index (κ3) is 2.70. The minimum Gasteiger partial charge on any atom is -0.399 e. The number of nitrogens with two attached hydrogens (primary N) is 1. The van der Waals surface area contributed by atoms with Crippen LogP contribution in [0.5, 0.6) is 0 Å². The number of carbonyl (C=O) groups is 1. The van der Waals surface area contributed by atoms with Crippen LogP contribution in [0.3, 0.4) is 0 Å². The van der Waals surface area contributed by atoms with Crippen molar-refractivity contribution in [2.75, 3.05) is 30.8 Å². The fourth-order valence-corrected chi connectivity index (χ4v) is 2.31. The van der Waals surface area contributed by atoms with Gasteiger partial charge >= 0.3 is 0 Å². The smallest absolute Gasteiger partial charge is 0.224 e. The highest BCUT2D eigenvalue weighted by molar-refractivity contribution is 5.79. The van der Waals surface area contributed by atoms with Crippen LogP contribution < -0.4 is 16.0 Å². The molecule has 0 spiro atoms. The Hall–Kier alpha value is -1.71. The van der Waals surface area contributed by atoms with Crippen molar-refractivity contribution in [3.8, 4) is 0 Å². The average Bonchev–Trinajstić information content (AvgIpc) is 2.39. The molecule has 0 bridgehead atoms. The number of anilines is 2. The number of nitrogens with one attached hydrogen (secondary N) is 1. The fraction of sp³-hybridized carbons (Fsp3) is 0.462. The summed E-state index contributed by atoms with van der Waals surface area (Å²) in [4.78, 5) is 13.9. The van der Waals surface area contributed by atoms with Crippen molar-refractivity contribution in [2.45, 2.75) is 12.8 Å². The van der Waals surface area contributed by atoms with Gasteiger partial charge in [0.25, 0.3) is 0 Å². The van der Waals surface area contributed by atoms with Crippen molar-refractivity contribution in [3.05, 3.63) is 24.3 Å². The summed E-state index contributed by atoms with van der Waals surface area (Å²) >= 11 is 0. The Kier molecular flexibility index (Phi) is 3.52. The molecule has 0 aromatic heterocycles. The van der Waals surface area contributed by atoms with Gasteiger partial charge in [0.2, 0.25) is 5.91 Å². The van der Waals surface area contributed by atoms with Gasteiger partial charge in [-0.2, -0.15) is 0 Å². The Morgan fingerprint density at radius 1 is 1.41 bits per heavy atom. The van der Waals surface area contributed by atoms with E-state index in [4.69, 9.17) is 5.73 Å². The second-order valence-corrected chi connectivity index (χ2v) is 4.49. The monoisotopic (exact) mass is 233 g/mol. The molecule has 1 fully saturated rings. The molecule has 1 saturated heterocycles. The molecule has 4 nitrogen and oxygen atoms in total. The van der Waals surface area contributed by atoms with E-state index in [-0.39, 0.29) is 11.8 Å². The first-order valence-corrected chi connectivity index (χ1v) is 6.03. The highest BCUT2D eigenvalue weighted by Gasteiger charge is 2.24. The van der Waals surface area contributed by atoms with Gasteiger partial charge in [-0.25, -0.2) is 0 Å². The van der Waals surface area contributed by atoms with Crippen molar-refractivity contribution < 1.29 is 4.79 Å². The van der Waals surface area contributed by atoms with Crippen molar-refractivity contribution in [1.82, 2.24) is 5.32 Å². The standard InChI is InChI=1S/C13H19N3O/c1-15-13(17)10-3-2-8-16(9-10)12-6-4-11(14)5-7-12/h4-7,10H,2-3,8-9,14H2,1H3,(H,15,17). The highest BCUT2D eigenvalue weighted by Crippen LogP contribution is 2.23. The van der Waals surface area contributed by atoms with Crippen LogP contribution in [0.2, 0.25) is 0 Å². The average molecular weight is 233 g/mol. The van der Waals surface area contributed by atoms with E-state index in [9.17, 15) is 4.79 Å². The van der Waals surface area contributed by atoms with E-state index in [0.717, 1.165) is 37.3 Å². The normalized spacial score (nSPS) is 20.1. The number of hydrogen-bond donors (Lipinski definition) is 2. The first kappa shape index (κ1) is 11.8. The molecular weight excluding hydrogens is 214 g/mol. The number of rotatable bonds is 2. The number of carbonyl (C=O) groups excluding carboxylic acids is 1. The van der Waals surface area contributed by atoms with E-state index in [1.807, 2.05) is 24.3 Å². The molecule has 3 N–H and O–H groups in total. The lowest BCUT2D eigenvalue weighted by atomic mass is 9.96. The summed E-state index contributed by atoms with van der Waals surface area (Å²) in [6, 6.07) is 7.83. The van der Waals surface area contributed by atoms with Gasteiger partial charge in [0.1, 0.15) is 0 Å². The van der Waals surface area contributed by atoms with Gasteiger partial charge in [-0.15, -0.1) is 0 Å². The molecule has 92 valence electrons. The molecule has 1 aliphatic rings. The van der Waals surface area contributed by atoms with Crippen LogP contribution in [-0.2, 0) is 4.79 Å². The lowest BCUT2D eigenvalue weighted by Gasteiger charge is -2.33. The number of benzene rings is 1. The zero-order valence-electron chi connectivity index (χ0n) is 10.1. The van der Waals surface area contributed by atoms with Gasteiger partial charge in [0.05, 0.1) is 5.92 Å². The number of piperidine rings is 1. The summed E-state index contributed by atoms with van der Waals surface area (Å²) in [7, 11) is 1.70. The molecule has 1 aromatic carbocycles. The molecule has 0 radical (unpaired) electrons. The summed E-state index contributed by atoms with van der Waals surface area (Å²) in [6.07, 6.45) is 2.04. The molecule has 0 aliphatic carbocycles. The number of hydrogen-bond acceptors (Lipinski definition) is 3. The summed E-state index contributed by atoms with van der Waals surface area (Å²) in [6.45, 7) is 1.81. The maximum absolute atomic E-state index is 11.6. The van der Waals surface area contributed by atoms with Crippen LogP contribution >= 0.6 is 0 Å². The molecule has 1 heterocycles. The molecule has 1 atom stereocenters. The Balaban J connectivity index is 2.06. The van der Waals surface area contributed by atoms with E-state index in [0.29, 0.717) is 0 Å². The number of nitrogens with zero attached hydrogens (tertiary/aromatic N) is 1.